The van der Waals surface area contributed by atoms with Gasteiger partial charge in [0.1, 0.15) is 23.2 Å². The summed E-state index contributed by atoms with van der Waals surface area (Å²) in [6.45, 7) is 0.519. The Morgan fingerprint density at radius 1 is 1.41 bits per heavy atom. The standard InChI is InChI=1S/C17H22BN3O7.ClH/c1-20-11(6-13(19)22)16(23)21-7-10(8-21)27-12-3-2-9-4-5-18(26)28-15(9)14(12)17(24)25;/h2-3,10-11,20,26H,4-8H2,1H3,(H2,19,22)(H,24,25);1H. The van der Waals surface area contributed by atoms with Crippen LogP contribution in [0.1, 0.15) is 22.3 Å². The number of rotatable bonds is 7. The first-order valence-electron chi connectivity index (χ1n) is 8.95. The highest BCUT2D eigenvalue weighted by Crippen LogP contribution is 2.37. The Hall–Kier alpha value is -2.50. The van der Waals surface area contributed by atoms with Crippen molar-refractivity contribution < 1.29 is 33.9 Å². The van der Waals surface area contributed by atoms with Crippen LogP contribution in [0.5, 0.6) is 11.5 Å². The van der Waals surface area contributed by atoms with E-state index < -0.39 is 25.0 Å². The smallest absolute Gasteiger partial charge is 0.522 e. The van der Waals surface area contributed by atoms with Crippen LogP contribution in [0.15, 0.2) is 12.1 Å². The summed E-state index contributed by atoms with van der Waals surface area (Å²) in [4.78, 5) is 36.6. The third-order valence-electron chi connectivity index (χ3n) is 4.83. The maximum Gasteiger partial charge on any atom is 0.522 e. The Morgan fingerprint density at radius 3 is 2.69 bits per heavy atom. The van der Waals surface area contributed by atoms with E-state index in [0.717, 1.165) is 0 Å². The number of carbonyl (C=O) groups is 3. The largest absolute Gasteiger partial charge is 0.535 e. The molecular formula is C17H23BClN3O7. The van der Waals surface area contributed by atoms with Gasteiger partial charge in [-0.15, -0.1) is 12.4 Å². The first-order valence-corrected chi connectivity index (χ1v) is 8.95. The molecular weight excluding hydrogens is 404 g/mol. The summed E-state index contributed by atoms with van der Waals surface area (Å²) >= 11 is 0. The van der Waals surface area contributed by atoms with E-state index in [2.05, 4.69) is 5.32 Å². The maximum atomic E-state index is 12.4. The van der Waals surface area contributed by atoms with Crippen LogP contribution in [-0.2, 0) is 16.0 Å². The monoisotopic (exact) mass is 427 g/mol. The van der Waals surface area contributed by atoms with Gasteiger partial charge in [-0.25, -0.2) is 4.79 Å². The lowest BCUT2D eigenvalue weighted by Crippen LogP contribution is -2.60. The van der Waals surface area contributed by atoms with Gasteiger partial charge in [-0.05, 0) is 31.4 Å². The number of amides is 2. The number of benzene rings is 1. The minimum atomic E-state index is -1.22. The zero-order valence-corrected chi connectivity index (χ0v) is 16.6. The molecule has 3 rings (SSSR count). The van der Waals surface area contributed by atoms with Crippen LogP contribution in [0, 0.1) is 0 Å². The van der Waals surface area contributed by atoms with Crippen molar-refractivity contribution in [3.63, 3.8) is 0 Å². The number of nitrogens with zero attached hydrogens (tertiary/aromatic N) is 1. The second-order valence-electron chi connectivity index (χ2n) is 6.84. The fraction of sp³-hybridized carbons (Fsp3) is 0.471. The van der Waals surface area contributed by atoms with Crippen LogP contribution in [0.2, 0.25) is 6.32 Å². The van der Waals surface area contributed by atoms with Crippen LogP contribution in [-0.4, -0.2) is 72.2 Å². The molecule has 10 nitrogen and oxygen atoms in total. The van der Waals surface area contributed by atoms with E-state index in [1.54, 1.807) is 19.2 Å². The van der Waals surface area contributed by atoms with Crippen molar-refractivity contribution in [2.24, 2.45) is 5.73 Å². The van der Waals surface area contributed by atoms with E-state index in [9.17, 15) is 24.5 Å². The minimum Gasteiger partial charge on any atom is -0.535 e. The summed E-state index contributed by atoms with van der Waals surface area (Å²) in [5.74, 6) is -1.82. The molecule has 1 fully saturated rings. The highest BCUT2D eigenvalue weighted by atomic mass is 35.5. The normalized spacial score (nSPS) is 16.6. The molecule has 1 aromatic rings. The number of nitrogens with two attached hydrogens (primary N) is 1. The van der Waals surface area contributed by atoms with Gasteiger partial charge in [0.25, 0.3) is 0 Å². The van der Waals surface area contributed by atoms with Gasteiger partial charge < -0.3 is 35.5 Å². The number of hydrogen-bond donors (Lipinski definition) is 4. The van der Waals surface area contributed by atoms with Crippen LogP contribution >= 0.6 is 12.4 Å². The van der Waals surface area contributed by atoms with Crippen LogP contribution in [0.3, 0.4) is 0 Å². The number of likely N-dealkylation sites (tertiary alicyclic amines) is 1. The molecule has 158 valence electrons. The maximum absolute atomic E-state index is 12.4. The summed E-state index contributed by atoms with van der Waals surface area (Å²) < 4.78 is 11.1. The predicted molar refractivity (Wildman–Crippen MR) is 105 cm³/mol. The number of primary amides is 1. The van der Waals surface area contributed by atoms with Crippen molar-refractivity contribution in [3.8, 4) is 11.5 Å². The molecule has 2 aliphatic heterocycles. The van der Waals surface area contributed by atoms with Crippen molar-refractivity contribution in [1.82, 2.24) is 10.2 Å². The number of likely N-dealkylation sites (N-methyl/N-ethyl adjacent to an activating group) is 1. The van der Waals surface area contributed by atoms with Gasteiger partial charge in [0.15, 0.2) is 0 Å². The van der Waals surface area contributed by atoms with Crippen molar-refractivity contribution in [3.05, 3.63) is 23.3 Å². The van der Waals surface area contributed by atoms with Crippen molar-refractivity contribution in [2.45, 2.75) is 31.3 Å². The molecule has 5 N–H and O–H groups in total. The number of hydrogen-bond acceptors (Lipinski definition) is 7. The summed E-state index contributed by atoms with van der Waals surface area (Å²) in [5.41, 5.74) is 5.71. The lowest BCUT2D eigenvalue weighted by atomic mass is 9.78. The third kappa shape index (κ3) is 4.92. The second-order valence-corrected chi connectivity index (χ2v) is 6.84. The number of halogens is 1. The quantitative estimate of drug-likeness (QED) is 0.416. The summed E-state index contributed by atoms with van der Waals surface area (Å²) in [5, 5.41) is 22.0. The Kier molecular flexibility index (Phi) is 7.34. The first kappa shape index (κ1) is 22.8. The fourth-order valence-electron chi connectivity index (χ4n) is 3.32. The second kappa shape index (κ2) is 9.34. The third-order valence-corrected chi connectivity index (χ3v) is 4.83. The van der Waals surface area contributed by atoms with Gasteiger partial charge in [-0.3, -0.25) is 9.59 Å². The van der Waals surface area contributed by atoms with E-state index in [0.29, 0.717) is 18.3 Å². The fourth-order valence-corrected chi connectivity index (χ4v) is 3.32. The van der Waals surface area contributed by atoms with E-state index in [4.69, 9.17) is 15.1 Å². The molecule has 1 unspecified atom stereocenters. The molecule has 2 aliphatic rings. The van der Waals surface area contributed by atoms with Gasteiger partial charge >= 0.3 is 13.1 Å². The summed E-state index contributed by atoms with van der Waals surface area (Å²) in [7, 11) is 0.515. The molecule has 1 atom stereocenters. The molecule has 0 aliphatic carbocycles. The van der Waals surface area contributed by atoms with Gasteiger partial charge in [0, 0.05) is 0 Å². The number of carboxylic acids is 1. The Morgan fingerprint density at radius 2 is 2.10 bits per heavy atom. The molecule has 0 saturated carbocycles. The highest BCUT2D eigenvalue weighted by molar-refractivity contribution is 6.44. The Balaban J connectivity index is 0.00000300. The summed E-state index contributed by atoms with van der Waals surface area (Å²) in [6.07, 6.45) is 0.405. The van der Waals surface area contributed by atoms with Gasteiger partial charge in [0.2, 0.25) is 11.8 Å². The average molecular weight is 428 g/mol. The number of aromatic carboxylic acids is 1. The van der Waals surface area contributed by atoms with E-state index in [1.165, 1.54) is 4.90 Å². The summed E-state index contributed by atoms with van der Waals surface area (Å²) in [6, 6.07) is 2.58. The number of carbonyl (C=O) groups excluding carboxylic acids is 2. The molecule has 2 amide bonds. The van der Waals surface area contributed by atoms with Crippen LogP contribution in [0.4, 0.5) is 0 Å². The molecule has 12 heteroatoms. The molecule has 0 aromatic heterocycles. The number of aryl methyl sites for hydroxylation is 1. The molecule has 2 heterocycles. The Bertz CT molecular complexity index is 803. The number of nitrogens with one attached hydrogen (secondary N) is 1. The lowest BCUT2D eigenvalue weighted by molar-refractivity contribution is -0.143. The topological polar surface area (TPSA) is 151 Å². The predicted octanol–water partition coefficient (Wildman–Crippen LogP) is -0.725. The number of carboxylic acid groups (broad SMARTS) is 1. The van der Waals surface area contributed by atoms with E-state index in [-0.39, 0.29) is 61.0 Å². The zero-order valence-electron chi connectivity index (χ0n) is 15.8. The molecule has 0 radical (unpaired) electrons. The van der Waals surface area contributed by atoms with E-state index >= 15 is 0 Å². The van der Waals surface area contributed by atoms with Crippen LogP contribution in [0.25, 0.3) is 0 Å². The molecule has 1 saturated heterocycles. The van der Waals surface area contributed by atoms with Gasteiger partial charge in [-0.2, -0.15) is 0 Å². The average Bonchev–Trinajstić information content (AvgIpc) is 2.60. The van der Waals surface area contributed by atoms with Crippen molar-refractivity contribution >= 4 is 37.3 Å². The lowest BCUT2D eigenvalue weighted by Gasteiger charge is -2.40. The molecule has 0 bridgehead atoms. The highest BCUT2D eigenvalue weighted by Gasteiger charge is 2.37. The van der Waals surface area contributed by atoms with Crippen molar-refractivity contribution in [2.75, 3.05) is 20.1 Å². The van der Waals surface area contributed by atoms with Gasteiger partial charge in [0.05, 0.1) is 25.6 Å². The molecule has 29 heavy (non-hydrogen) atoms. The zero-order chi connectivity index (χ0) is 20.4. The minimum absolute atomic E-state index is 0. The number of fused-ring (bicyclic) bond motifs is 1. The van der Waals surface area contributed by atoms with E-state index in [1.807, 2.05) is 0 Å². The Labute approximate surface area is 173 Å². The molecule has 0 spiro atoms. The molecule has 1 aromatic carbocycles. The van der Waals surface area contributed by atoms with Crippen molar-refractivity contribution in [1.29, 1.82) is 0 Å². The number of ether oxygens (including phenoxy) is 1. The first-order chi connectivity index (χ1) is 13.3. The van der Waals surface area contributed by atoms with Crippen LogP contribution < -0.4 is 20.4 Å². The van der Waals surface area contributed by atoms with Gasteiger partial charge in [-0.1, -0.05) is 6.07 Å². The SMILES string of the molecule is CNC(CC(N)=O)C(=O)N1CC(Oc2ccc3c(c2C(=O)O)OB(O)CC3)C1.Cl.